The van der Waals surface area contributed by atoms with Gasteiger partial charge in [0.2, 0.25) is 0 Å². The lowest BCUT2D eigenvalue weighted by atomic mass is 10.2. The van der Waals surface area contributed by atoms with Crippen molar-refractivity contribution < 1.29 is 14.7 Å². The van der Waals surface area contributed by atoms with Crippen LogP contribution < -0.4 is 5.32 Å². The number of carboxylic acid groups (broad SMARTS) is 1. The molecular formula is C15H19NO3S. The Hall–Kier alpha value is -1.75. The van der Waals surface area contributed by atoms with Crippen LogP contribution in [0.2, 0.25) is 0 Å². The van der Waals surface area contributed by atoms with Gasteiger partial charge in [0.15, 0.2) is 0 Å². The first-order chi connectivity index (χ1) is 9.50. The molecule has 0 atom stereocenters. The first-order valence-corrected chi connectivity index (χ1v) is 7.34. The van der Waals surface area contributed by atoms with Gasteiger partial charge in [-0.1, -0.05) is 23.8 Å². The molecule has 20 heavy (non-hydrogen) atoms. The molecule has 1 aromatic carbocycles. The van der Waals surface area contributed by atoms with E-state index in [-0.39, 0.29) is 18.9 Å². The van der Waals surface area contributed by atoms with Crippen LogP contribution in [0.25, 0.3) is 0 Å². The fraction of sp³-hybridized carbons (Fsp3) is 0.333. The zero-order chi connectivity index (χ0) is 15.0. The standard InChI is InChI=1S/C15H19NO3S/c1-11(2)8-10-20-13-6-4-3-5-12(13)15(19)16-9-7-14(17)18/h3-6,8H,7,9-10H2,1-2H3,(H,16,19)(H,17,18). The summed E-state index contributed by atoms with van der Waals surface area (Å²) >= 11 is 1.59. The van der Waals surface area contributed by atoms with Gasteiger partial charge in [-0.05, 0) is 26.0 Å². The molecule has 4 nitrogen and oxygen atoms in total. The Labute approximate surface area is 123 Å². The van der Waals surface area contributed by atoms with Gasteiger partial charge in [0.05, 0.1) is 12.0 Å². The highest BCUT2D eigenvalue weighted by atomic mass is 32.2. The van der Waals surface area contributed by atoms with Crippen molar-refractivity contribution in [1.29, 1.82) is 0 Å². The maximum Gasteiger partial charge on any atom is 0.305 e. The molecule has 0 aliphatic rings. The van der Waals surface area contributed by atoms with Gasteiger partial charge in [-0.3, -0.25) is 9.59 Å². The second kappa shape index (κ2) is 8.43. The van der Waals surface area contributed by atoms with E-state index in [2.05, 4.69) is 11.4 Å². The molecule has 0 saturated carbocycles. The smallest absolute Gasteiger partial charge is 0.305 e. The minimum atomic E-state index is -0.920. The molecule has 1 rings (SSSR count). The van der Waals surface area contributed by atoms with E-state index in [1.807, 2.05) is 26.0 Å². The molecule has 0 spiro atoms. The Balaban J connectivity index is 2.66. The number of rotatable bonds is 7. The van der Waals surface area contributed by atoms with Gasteiger partial charge in [0.25, 0.3) is 5.91 Å². The topological polar surface area (TPSA) is 66.4 Å². The normalized spacial score (nSPS) is 9.90. The van der Waals surface area contributed by atoms with Crippen molar-refractivity contribution in [1.82, 2.24) is 5.32 Å². The lowest BCUT2D eigenvalue weighted by Crippen LogP contribution is -2.26. The monoisotopic (exact) mass is 293 g/mol. The van der Waals surface area contributed by atoms with E-state index in [9.17, 15) is 9.59 Å². The van der Waals surface area contributed by atoms with Crippen molar-refractivity contribution in [2.75, 3.05) is 12.3 Å². The number of amides is 1. The summed E-state index contributed by atoms with van der Waals surface area (Å²) in [7, 11) is 0. The number of hydrogen-bond acceptors (Lipinski definition) is 3. The zero-order valence-electron chi connectivity index (χ0n) is 11.7. The van der Waals surface area contributed by atoms with Crippen LogP contribution in [-0.4, -0.2) is 29.3 Å². The highest BCUT2D eigenvalue weighted by molar-refractivity contribution is 7.99. The molecular weight excluding hydrogens is 274 g/mol. The largest absolute Gasteiger partial charge is 0.481 e. The first-order valence-electron chi connectivity index (χ1n) is 6.36. The SMILES string of the molecule is CC(C)=CCSc1ccccc1C(=O)NCCC(=O)O. The third-order valence-corrected chi connectivity index (χ3v) is 3.49. The van der Waals surface area contributed by atoms with Gasteiger partial charge in [0, 0.05) is 17.2 Å². The average molecular weight is 293 g/mol. The first kappa shape index (κ1) is 16.3. The lowest BCUT2D eigenvalue weighted by molar-refractivity contribution is -0.136. The summed E-state index contributed by atoms with van der Waals surface area (Å²) in [5, 5.41) is 11.2. The maximum absolute atomic E-state index is 12.0. The fourth-order valence-electron chi connectivity index (χ4n) is 1.46. The second-order valence-corrected chi connectivity index (χ2v) is 5.55. The van der Waals surface area contributed by atoms with E-state index in [1.165, 1.54) is 5.57 Å². The molecule has 1 amide bonds. The minimum absolute atomic E-state index is 0.0706. The van der Waals surface area contributed by atoms with Gasteiger partial charge in [-0.2, -0.15) is 0 Å². The van der Waals surface area contributed by atoms with Crippen LogP contribution in [0.4, 0.5) is 0 Å². The van der Waals surface area contributed by atoms with E-state index in [4.69, 9.17) is 5.11 Å². The van der Waals surface area contributed by atoms with E-state index in [1.54, 1.807) is 23.9 Å². The third-order valence-electron chi connectivity index (χ3n) is 2.49. The van der Waals surface area contributed by atoms with Crippen molar-refractivity contribution in [3.8, 4) is 0 Å². The molecule has 0 aliphatic carbocycles. The quantitative estimate of drug-likeness (QED) is 0.599. The summed E-state index contributed by atoms with van der Waals surface area (Å²) < 4.78 is 0. The van der Waals surface area contributed by atoms with Crippen molar-refractivity contribution in [3.05, 3.63) is 41.5 Å². The molecule has 1 aromatic rings. The number of nitrogens with one attached hydrogen (secondary N) is 1. The number of carboxylic acids is 1. The number of thioether (sulfide) groups is 1. The Morgan fingerprint density at radius 3 is 2.65 bits per heavy atom. The van der Waals surface area contributed by atoms with Gasteiger partial charge in [-0.25, -0.2) is 0 Å². The highest BCUT2D eigenvalue weighted by Gasteiger charge is 2.10. The molecule has 0 saturated heterocycles. The van der Waals surface area contributed by atoms with Gasteiger partial charge >= 0.3 is 5.97 Å². The number of allylic oxidation sites excluding steroid dienone is 1. The number of aliphatic carboxylic acids is 1. The molecule has 0 aromatic heterocycles. The second-order valence-electron chi connectivity index (χ2n) is 4.49. The van der Waals surface area contributed by atoms with Crippen molar-refractivity contribution in [2.24, 2.45) is 0 Å². The number of benzene rings is 1. The van der Waals surface area contributed by atoms with E-state index in [0.717, 1.165) is 10.6 Å². The predicted molar refractivity (Wildman–Crippen MR) is 81.2 cm³/mol. The van der Waals surface area contributed by atoms with Gasteiger partial charge in [0.1, 0.15) is 0 Å². The van der Waals surface area contributed by atoms with Crippen molar-refractivity contribution >= 4 is 23.6 Å². The Kier molecular flexibility index (Phi) is 6.87. The molecule has 5 heteroatoms. The minimum Gasteiger partial charge on any atom is -0.481 e. The summed E-state index contributed by atoms with van der Waals surface area (Å²) in [6, 6.07) is 7.34. The number of carbonyl (C=O) groups is 2. The van der Waals surface area contributed by atoms with Crippen LogP contribution in [0.5, 0.6) is 0 Å². The van der Waals surface area contributed by atoms with Crippen LogP contribution in [0.15, 0.2) is 40.8 Å². The van der Waals surface area contributed by atoms with Crippen LogP contribution in [0.1, 0.15) is 30.6 Å². The zero-order valence-corrected chi connectivity index (χ0v) is 12.5. The Morgan fingerprint density at radius 1 is 1.30 bits per heavy atom. The van der Waals surface area contributed by atoms with Crippen molar-refractivity contribution in [3.63, 3.8) is 0 Å². The summed E-state index contributed by atoms with van der Waals surface area (Å²) in [6.07, 6.45) is 2.03. The van der Waals surface area contributed by atoms with Crippen molar-refractivity contribution in [2.45, 2.75) is 25.2 Å². The molecule has 0 bridgehead atoms. The predicted octanol–water partition coefficient (Wildman–Crippen LogP) is 2.95. The maximum atomic E-state index is 12.0. The van der Waals surface area contributed by atoms with Gasteiger partial charge < -0.3 is 10.4 Å². The Bertz CT molecular complexity index is 508. The number of hydrogen-bond donors (Lipinski definition) is 2. The van der Waals surface area contributed by atoms with Gasteiger partial charge in [-0.15, -0.1) is 11.8 Å². The lowest BCUT2D eigenvalue weighted by Gasteiger charge is -2.08. The van der Waals surface area contributed by atoms with Crippen LogP contribution in [-0.2, 0) is 4.79 Å². The highest BCUT2D eigenvalue weighted by Crippen LogP contribution is 2.23. The molecule has 0 heterocycles. The molecule has 2 N–H and O–H groups in total. The molecule has 0 unspecified atom stereocenters. The molecule has 108 valence electrons. The van der Waals surface area contributed by atoms with E-state index >= 15 is 0 Å². The Morgan fingerprint density at radius 2 is 2.00 bits per heavy atom. The summed E-state index contributed by atoms with van der Waals surface area (Å²) in [5.41, 5.74) is 1.82. The summed E-state index contributed by atoms with van der Waals surface area (Å²) in [5.74, 6) is -0.343. The van der Waals surface area contributed by atoms with Crippen LogP contribution >= 0.6 is 11.8 Å². The molecule has 0 fully saturated rings. The van der Waals surface area contributed by atoms with E-state index in [0.29, 0.717) is 5.56 Å². The van der Waals surface area contributed by atoms with Crippen LogP contribution in [0.3, 0.4) is 0 Å². The summed E-state index contributed by atoms with van der Waals surface area (Å²) in [4.78, 5) is 23.3. The third kappa shape index (κ3) is 5.93. The number of carbonyl (C=O) groups excluding carboxylic acids is 1. The molecule has 0 aliphatic heterocycles. The average Bonchev–Trinajstić information content (AvgIpc) is 2.38. The molecule has 0 radical (unpaired) electrons. The summed E-state index contributed by atoms with van der Waals surface area (Å²) in [6.45, 7) is 4.21. The fourth-order valence-corrected chi connectivity index (χ4v) is 2.54. The van der Waals surface area contributed by atoms with E-state index < -0.39 is 5.97 Å². The van der Waals surface area contributed by atoms with Crippen LogP contribution in [0, 0.1) is 0 Å².